The van der Waals surface area contributed by atoms with Gasteiger partial charge in [0.15, 0.2) is 0 Å². The second-order valence-electron chi connectivity index (χ2n) is 6.41. The first-order chi connectivity index (χ1) is 9.35. The van der Waals surface area contributed by atoms with Crippen LogP contribution in [0.2, 0.25) is 0 Å². The first kappa shape index (κ1) is 13.1. The van der Waals surface area contributed by atoms with Crippen molar-refractivity contribution in [2.75, 3.05) is 13.2 Å². The Labute approximate surface area is 116 Å². The standard InChI is InChI=1S/C17H25NO/c19-12-17(10-13-4-2-1-3-5-13)18-11-16-9-14-6-7-15(16)8-14/h1-5,14-19H,6-12H2. The van der Waals surface area contributed by atoms with Crippen LogP contribution in [-0.4, -0.2) is 24.3 Å². The van der Waals surface area contributed by atoms with Crippen molar-refractivity contribution in [3.63, 3.8) is 0 Å². The van der Waals surface area contributed by atoms with Crippen LogP contribution < -0.4 is 5.32 Å². The number of aliphatic hydroxyl groups is 1. The predicted molar refractivity (Wildman–Crippen MR) is 78.0 cm³/mol. The van der Waals surface area contributed by atoms with Gasteiger partial charge >= 0.3 is 0 Å². The molecule has 4 unspecified atom stereocenters. The summed E-state index contributed by atoms with van der Waals surface area (Å²) in [7, 11) is 0. The lowest BCUT2D eigenvalue weighted by Crippen LogP contribution is -2.38. The van der Waals surface area contributed by atoms with Gasteiger partial charge in [-0.1, -0.05) is 36.8 Å². The van der Waals surface area contributed by atoms with E-state index in [9.17, 15) is 5.11 Å². The minimum absolute atomic E-state index is 0.210. The van der Waals surface area contributed by atoms with E-state index in [0.29, 0.717) is 0 Å². The Balaban J connectivity index is 1.47. The van der Waals surface area contributed by atoms with Crippen molar-refractivity contribution < 1.29 is 5.11 Å². The highest BCUT2D eigenvalue weighted by Gasteiger charge is 2.39. The van der Waals surface area contributed by atoms with Crippen LogP contribution in [-0.2, 0) is 6.42 Å². The Bertz CT molecular complexity index is 392. The molecule has 104 valence electrons. The molecule has 0 saturated heterocycles. The number of rotatable bonds is 6. The van der Waals surface area contributed by atoms with Crippen LogP contribution in [0, 0.1) is 17.8 Å². The molecule has 2 fully saturated rings. The third-order valence-corrected chi connectivity index (χ3v) is 5.10. The summed E-state index contributed by atoms with van der Waals surface area (Å²) in [4.78, 5) is 0. The van der Waals surface area contributed by atoms with Gasteiger partial charge in [0.25, 0.3) is 0 Å². The minimum atomic E-state index is 0.210. The zero-order chi connectivity index (χ0) is 13.1. The number of hydrogen-bond acceptors (Lipinski definition) is 2. The van der Waals surface area contributed by atoms with Gasteiger partial charge in [-0.15, -0.1) is 0 Å². The maximum absolute atomic E-state index is 9.53. The Kier molecular flexibility index (Phi) is 4.19. The fraction of sp³-hybridized carbons (Fsp3) is 0.647. The molecule has 3 rings (SSSR count). The van der Waals surface area contributed by atoms with Crippen LogP contribution in [0.1, 0.15) is 31.2 Å². The first-order valence-corrected chi connectivity index (χ1v) is 7.73. The lowest BCUT2D eigenvalue weighted by Gasteiger charge is -2.25. The predicted octanol–water partition coefficient (Wildman–Crippen LogP) is 2.62. The van der Waals surface area contributed by atoms with E-state index in [1.165, 1.54) is 31.2 Å². The molecule has 2 N–H and O–H groups in total. The van der Waals surface area contributed by atoms with E-state index in [2.05, 4.69) is 29.6 Å². The van der Waals surface area contributed by atoms with E-state index < -0.39 is 0 Å². The SMILES string of the molecule is OCC(Cc1ccccc1)NCC1CC2CCC1C2. The third-order valence-electron chi connectivity index (χ3n) is 5.10. The number of nitrogens with one attached hydrogen (secondary N) is 1. The topological polar surface area (TPSA) is 32.3 Å². The van der Waals surface area contributed by atoms with Crippen LogP contribution in [0.25, 0.3) is 0 Å². The Morgan fingerprint density at radius 3 is 2.63 bits per heavy atom. The van der Waals surface area contributed by atoms with Crippen LogP contribution in [0.15, 0.2) is 30.3 Å². The van der Waals surface area contributed by atoms with Gasteiger partial charge in [0.1, 0.15) is 0 Å². The molecule has 0 amide bonds. The zero-order valence-electron chi connectivity index (χ0n) is 11.6. The van der Waals surface area contributed by atoms with Crippen molar-refractivity contribution in [3.05, 3.63) is 35.9 Å². The second-order valence-corrected chi connectivity index (χ2v) is 6.41. The fourth-order valence-electron chi connectivity index (χ4n) is 4.04. The summed E-state index contributed by atoms with van der Waals surface area (Å²) in [5, 5.41) is 13.1. The summed E-state index contributed by atoms with van der Waals surface area (Å²) in [6, 6.07) is 10.7. The van der Waals surface area contributed by atoms with E-state index >= 15 is 0 Å². The number of benzene rings is 1. The van der Waals surface area contributed by atoms with Gasteiger partial charge in [-0.3, -0.25) is 0 Å². The number of aliphatic hydroxyl groups excluding tert-OH is 1. The molecule has 0 aromatic heterocycles. The Hall–Kier alpha value is -0.860. The molecule has 2 bridgehead atoms. The maximum Gasteiger partial charge on any atom is 0.0587 e. The molecule has 2 saturated carbocycles. The normalized spacial score (nSPS) is 30.7. The highest BCUT2D eigenvalue weighted by molar-refractivity contribution is 5.15. The number of fused-ring (bicyclic) bond motifs is 2. The molecule has 0 spiro atoms. The van der Waals surface area contributed by atoms with Gasteiger partial charge in [-0.05, 0) is 55.5 Å². The summed E-state index contributed by atoms with van der Waals surface area (Å²) in [5.74, 6) is 2.84. The molecule has 4 atom stereocenters. The summed E-state index contributed by atoms with van der Waals surface area (Å²) >= 11 is 0. The largest absolute Gasteiger partial charge is 0.395 e. The molecule has 0 radical (unpaired) electrons. The van der Waals surface area contributed by atoms with Crippen LogP contribution in [0.3, 0.4) is 0 Å². The average Bonchev–Trinajstić information content (AvgIpc) is 3.07. The van der Waals surface area contributed by atoms with E-state index in [1.807, 2.05) is 6.07 Å². The van der Waals surface area contributed by atoms with Crippen molar-refractivity contribution in [3.8, 4) is 0 Å². The average molecular weight is 259 g/mol. The second kappa shape index (κ2) is 6.06. The van der Waals surface area contributed by atoms with Crippen molar-refractivity contribution in [2.24, 2.45) is 17.8 Å². The van der Waals surface area contributed by atoms with Crippen molar-refractivity contribution >= 4 is 0 Å². The van der Waals surface area contributed by atoms with Gasteiger partial charge in [0.05, 0.1) is 6.61 Å². The quantitative estimate of drug-likeness (QED) is 0.823. The minimum Gasteiger partial charge on any atom is -0.395 e. The zero-order valence-corrected chi connectivity index (χ0v) is 11.6. The van der Waals surface area contributed by atoms with E-state index in [1.54, 1.807) is 0 Å². The smallest absolute Gasteiger partial charge is 0.0587 e. The van der Waals surface area contributed by atoms with Crippen molar-refractivity contribution in [2.45, 2.75) is 38.1 Å². The summed E-state index contributed by atoms with van der Waals surface area (Å²) < 4.78 is 0. The van der Waals surface area contributed by atoms with E-state index in [-0.39, 0.29) is 12.6 Å². The van der Waals surface area contributed by atoms with Gasteiger partial charge in [0.2, 0.25) is 0 Å². The lowest BCUT2D eigenvalue weighted by atomic mass is 9.88. The summed E-state index contributed by atoms with van der Waals surface area (Å²) in [6.45, 7) is 1.33. The molecule has 2 aliphatic rings. The van der Waals surface area contributed by atoms with Crippen LogP contribution in [0.5, 0.6) is 0 Å². The fourth-order valence-corrected chi connectivity index (χ4v) is 4.04. The molecule has 2 nitrogen and oxygen atoms in total. The Morgan fingerprint density at radius 2 is 2.00 bits per heavy atom. The highest BCUT2D eigenvalue weighted by atomic mass is 16.3. The molecule has 0 heterocycles. The van der Waals surface area contributed by atoms with Gasteiger partial charge in [-0.2, -0.15) is 0 Å². The molecule has 0 aliphatic heterocycles. The molecule has 2 aliphatic carbocycles. The molecule has 2 heteroatoms. The highest BCUT2D eigenvalue weighted by Crippen LogP contribution is 2.47. The molecular formula is C17H25NO. The first-order valence-electron chi connectivity index (χ1n) is 7.73. The van der Waals surface area contributed by atoms with Gasteiger partial charge in [0, 0.05) is 6.04 Å². The van der Waals surface area contributed by atoms with E-state index in [0.717, 1.165) is 30.7 Å². The molecular weight excluding hydrogens is 234 g/mol. The molecule has 1 aromatic carbocycles. The number of hydrogen-bond donors (Lipinski definition) is 2. The monoisotopic (exact) mass is 259 g/mol. The lowest BCUT2D eigenvalue weighted by molar-refractivity contribution is 0.225. The van der Waals surface area contributed by atoms with E-state index in [4.69, 9.17) is 0 Å². The molecule has 1 aromatic rings. The molecule has 19 heavy (non-hydrogen) atoms. The van der Waals surface area contributed by atoms with Crippen LogP contribution >= 0.6 is 0 Å². The van der Waals surface area contributed by atoms with Crippen LogP contribution in [0.4, 0.5) is 0 Å². The summed E-state index contributed by atoms with van der Waals surface area (Å²) in [6.07, 6.45) is 6.72. The van der Waals surface area contributed by atoms with Gasteiger partial charge < -0.3 is 10.4 Å². The Morgan fingerprint density at radius 1 is 1.16 bits per heavy atom. The third kappa shape index (κ3) is 3.18. The van der Waals surface area contributed by atoms with Crippen molar-refractivity contribution in [1.29, 1.82) is 0 Å². The summed E-state index contributed by atoms with van der Waals surface area (Å²) in [5.41, 5.74) is 1.31. The van der Waals surface area contributed by atoms with Crippen molar-refractivity contribution in [1.82, 2.24) is 5.32 Å². The maximum atomic E-state index is 9.53. The van der Waals surface area contributed by atoms with Gasteiger partial charge in [-0.25, -0.2) is 0 Å².